The lowest BCUT2D eigenvalue weighted by Gasteiger charge is -2.49. The zero-order chi connectivity index (χ0) is 35.3. The smallest absolute Gasteiger partial charge is 0.488 e. The molecule has 2 heterocycles. The van der Waals surface area contributed by atoms with Crippen LogP contribution in [0.25, 0.3) is 0 Å². The lowest BCUT2D eigenvalue weighted by atomic mass is 9.51. The summed E-state index contributed by atoms with van der Waals surface area (Å²) in [7, 11) is -0.436. The number of phenols is 1. The van der Waals surface area contributed by atoms with E-state index in [2.05, 4.69) is 31.9 Å². The highest BCUT2D eigenvalue weighted by molar-refractivity contribution is 9.13. The minimum Gasteiger partial charge on any atom is -0.503 e. The Morgan fingerprint density at radius 1 is 0.959 bits per heavy atom. The number of nitrogens with zero attached hydrogens (tertiary/aromatic N) is 2. The van der Waals surface area contributed by atoms with Crippen LogP contribution in [0.5, 0.6) is 11.5 Å². The van der Waals surface area contributed by atoms with E-state index in [1.54, 1.807) is 13.0 Å². The molecule has 0 radical (unpaired) electrons. The molecular formula is C34H27BBr2ClFN2O8. The highest BCUT2D eigenvalue weighted by atomic mass is 79.9. The van der Waals surface area contributed by atoms with Crippen LogP contribution in [0.4, 0.5) is 15.8 Å². The van der Waals surface area contributed by atoms with Gasteiger partial charge < -0.3 is 19.9 Å². The Morgan fingerprint density at radius 3 is 2.35 bits per heavy atom. The molecule has 1 saturated carbocycles. The van der Waals surface area contributed by atoms with E-state index in [-0.39, 0.29) is 50.7 Å². The van der Waals surface area contributed by atoms with Gasteiger partial charge in [0, 0.05) is 10.4 Å². The molecule has 2 aliphatic carbocycles. The number of hydrogen-bond donors (Lipinski definition) is 3. The number of halogens is 4. The standard InChI is InChI=1S/C34H27BBr2ClFN2O8/c1-34-21(31(44)41(33(34)46)16-6-9-23(39)22(38)11-16)12-19-17(26(34)20-13-24(49-2)29(42)28(37)27(20)36)7-8-18-25(19)32(45)40(30(18)43)15-5-3-4-14(10-15)35(47)48/h3-7,9-11,13,18-19,21,25-26,42,47-48H,8,12H2,1-2H3/t18-,19+,21-,25-,26+,34+/m0/s1. The average molecular weight is 817 g/mol. The van der Waals surface area contributed by atoms with Crippen molar-refractivity contribution in [2.75, 3.05) is 16.9 Å². The number of amides is 4. The largest absolute Gasteiger partial charge is 0.503 e. The fourth-order valence-corrected chi connectivity index (χ4v) is 9.42. The van der Waals surface area contributed by atoms with Crippen LogP contribution in [0.3, 0.4) is 0 Å². The summed E-state index contributed by atoms with van der Waals surface area (Å²) in [6.07, 6.45) is 2.10. The van der Waals surface area contributed by atoms with Crippen LogP contribution in [0, 0.1) is 34.9 Å². The Morgan fingerprint density at radius 2 is 1.67 bits per heavy atom. The minimum atomic E-state index is -1.81. The molecule has 15 heteroatoms. The summed E-state index contributed by atoms with van der Waals surface area (Å²) in [6.45, 7) is 1.69. The first-order valence-electron chi connectivity index (χ1n) is 15.3. The molecule has 0 unspecified atom stereocenters. The normalized spacial score (nSPS) is 27.6. The average Bonchev–Trinajstić information content (AvgIpc) is 3.45. The summed E-state index contributed by atoms with van der Waals surface area (Å²) in [6, 6.07) is 11.1. The van der Waals surface area contributed by atoms with Crippen molar-refractivity contribution in [2.24, 2.45) is 29.1 Å². The van der Waals surface area contributed by atoms with E-state index in [0.29, 0.717) is 15.6 Å². The summed E-state index contributed by atoms with van der Waals surface area (Å²) in [4.78, 5) is 59.4. The van der Waals surface area contributed by atoms with E-state index in [9.17, 15) is 38.7 Å². The van der Waals surface area contributed by atoms with Crippen LogP contribution in [-0.2, 0) is 19.2 Å². The number of imide groups is 2. The van der Waals surface area contributed by atoms with Crippen molar-refractivity contribution in [3.63, 3.8) is 0 Å². The number of rotatable bonds is 5. The molecule has 6 atom stereocenters. The van der Waals surface area contributed by atoms with Gasteiger partial charge in [0.25, 0.3) is 0 Å². The van der Waals surface area contributed by atoms with Crippen LogP contribution in [0.1, 0.15) is 31.2 Å². The first-order chi connectivity index (χ1) is 23.2. The number of benzene rings is 3. The van der Waals surface area contributed by atoms with Gasteiger partial charge in [-0.25, -0.2) is 9.29 Å². The first kappa shape index (κ1) is 33.9. The molecular weight excluding hydrogens is 789 g/mol. The van der Waals surface area contributed by atoms with Gasteiger partial charge >= 0.3 is 7.12 Å². The molecule has 3 N–H and O–H groups in total. The summed E-state index contributed by atoms with van der Waals surface area (Å²) < 4.78 is 20.3. The monoisotopic (exact) mass is 814 g/mol. The molecule has 49 heavy (non-hydrogen) atoms. The van der Waals surface area contributed by atoms with Gasteiger partial charge in [0.15, 0.2) is 11.5 Å². The number of hydrogen-bond acceptors (Lipinski definition) is 8. The molecule has 3 fully saturated rings. The van der Waals surface area contributed by atoms with Gasteiger partial charge in [0.05, 0.1) is 51.1 Å². The molecule has 2 aliphatic heterocycles. The number of ether oxygens (including phenoxy) is 1. The summed E-state index contributed by atoms with van der Waals surface area (Å²) >= 11 is 13.1. The number of phenolic OH excluding ortho intramolecular Hbond substituents is 1. The van der Waals surface area contributed by atoms with Crippen molar-refractivity contribution < 1.29 is 43.5 Å². The van der Waals surface area contributed by atoms with Gasteiger partial charge in [-0.05, 0) is 105 Å². The SMILES string of the molecule is COc1cc([C@H]2C3=CC[C@@H]4C(=O)N(c5cccc(B(O)O)c5)C(=O)[C@@H]4[C@@H]3C[C@H]3C(=O)N(c4ccc(F)c(Cl)c4)C(=O)[C@@]23C)c(Br)c(Br)c1O. The van der Waals surface area contributed by atoms with Crippen LogP contribution in [0.15, 0.2) is 69.1 Å². The number of fused-ring (bicyclic) bond motifs is 4. The third-order valence-corrected chi connectivity index (χ3v) is 13.0. The van der Waals surface area contributed by atoms with Crippen molar-refractivity contribution in [2.45, 2.75) is 25.7 Å². The molecule has 252 valence electrons. The maximum Gasteiger partial charge on any atom is 0.488 e. The lowest BCUT2D eigenvalue weighted by molar-refractivity contribution is -0.131. The summed E-state index contributed by atoms with van der Waals surface area (Å²) in [5.41, 5.74) is 0.139. The van der Waals surface area contributed by atoms with E-state index in [0.717, 1.165) is 15.9 Å². The van der Waals surface area contributed by atoms with Crippen LogP contribution in [0.2, 0.25) is 5.02 Å². The zero-order valence-electron chi connectivity index (χ0n) is 25.9. The molecule has 2 saturated heterocycles. The Kier molecular flexibility index (Phi) is 8.34. The highest BCUT2D eigenvalue weighted by Crippen LogP contribution is 2.65. The molecule has 3 aromatic carbocycles. The number of methoxy groups -OCH3 is 1. The molecule has 4 aliphatic rings. The van der Waals surface area contributed by atoms with Gasteiger partial charge in [-0.1, -0.05) is 35.4 Å². The predicted octanol–water partition coefficient (Wildman–Crippen LogP) is 4.83. The quantitative estimate of drug-likeness (QED) is 0.189. The number of allylic oxidation sites excluding steroid dienone is 2. The highest BCUT2D eigenvalue weighted by Gasteiger charge is 2.68. The van der Waals surface area contributed by atoms with E-state index in [1.807, 2.05) is 6.08 Å². The number of aromatic hydroxyl groups is 1. The van der Waals surface area contributed by atoms with Gasteiger partial charge in [0.1, 0.15) is 5.82 Å². The zero-order valence-corrected chi connectivity index (χ0v) is 29.8. The molecule has 0 bridgehead atoms. The molecule has 10 nitrogen and oxygen atoms in total. The van der Waals surface area contributed by atoms with Gasteiger partial charge in [-0.15, -0.1) is 0 Å². The van der Waals surface area contributed by atoms with E-state index in [1.165, 1.54) is 43.5 Å². The van der Waals surface area contributed by atoms with Crippen molar-refractivity contribution in [3.8, 4) is 11.5 Å². The topological polar surface area (TPSA) is 145 Å². The second-order valence-corrected chi connectivity index (χ2v) is 14.9. The third kappa shape index (κ3) is 4.85. The Balaban J connectivity index is 1.40. The lowest BCUT2D eigenvalue weighted by Crippen LogP contribution is -2.49. The molecule has 0 aromatic heterocycles. The van der Waals surface area contributed by atoms with Crippen LogP contribution in [-0.4, -0.2) is 53.0 Å². The second-order valence-electron chi connectivity index (χ2n) is 12.9. The first-order valence-corrected chi connectivity index (χ1v) is 17.3. The number of carbonyl (C=O) groups excluding carboxylic acids is 4. The molecule has 0 spiro atoms. The van der Waals surface area contributed by atoms with Crippen LogP contribution >= 0.6 is 43.5 Å². The van der Waals surface area contributed by atoms with Gasteiger partial charge in [0.2, 0.25) is 23.6 Å². The van der Waals surface area contributed by atoms with Crippen molar-refractivity contribution >= 4 is 91.0 Å². The van der Waals surface area contributed by atoms with E-state index in [4.69, 9.17) is 16.3 Å². The molecule has 3 aromatic rings. The van der Waals surface area contributed by atoms with Gasteiger partial charge in [-0.3, -0.25) is 24.1 Å². The number of carbonyl (C=O) groups is 4. The van der Waals surface area contributed by atoms with E-state index >= 15 is 0 Å². The predicted molar refractivity (Wildman–Crippen MR) is 185 cm³/mol. The maximum absolute atomic E-state index is 14.7. The Bertz CT molecular complexity index is 2030. The number of anilines is 2. The van der Waals surface area contributed by atoms with Gasteiger partial charge in [-0.2, -0.15) is 0 Å². The fraction of sp³-hybridized carbons (Fsp3) is 0.294. The third-order valence-electron chi connectivity index (χ3n) is 10.6. The summed E-state index contributed by atoms with van der Waals surface area (Å²) in [5, 5.41) is 30.0. The minimum absolute atomic E-state index is 0.0618. The second kappa shape index (κ2) is 12.0. The van der Waals surface area contributed by atoms with Crippen LogP contribution < -0.4 is 20.0 Å². The molecule has 7 rings (SSSR count). The fourth-order valence-electron chi connectivity index (χ4n) is 8.29. The maximum atomic E-state index is 14.7. The Labute approximate surface area is 301 Å². The van der Waals surface area contributed by atoms with E-state index < -0.39 is 71.6 Å². The van der Waals surface area contributed by atoms with Crippen molar-refractivity contribution in [1.82, 2.24) is 0 Å². The van der Waals surface area contributed by atoms with Crippen molar-refractivity contribution in [1.29, 1.82) is 0 Å². The van der Waals surface area contributed by atoms with Crippen molar-refractivity contribution in [3.05, 3.63) is 85.5 Å². The summed E-state index contributed by atoms with van der Waals surface area (Å²) in [5.74, 6) is -7.01. The molecule has 4 amide bonds. The Hall–Kier alpha value is -3.56.